The van der Waals surface area contributed by atoms with Gasteiger partial charge in [0, 0.05) is 7.11 Å². The van der Waals surface area contributed by atoms with Crippen LogP contribution in [0.4, 0.5) is 0 Å². The number of ether oxygens (including phenoxy) is 1. The minimum atomic E-state index is 0.773. The fraction of sp³-hybridized carbons (Fsp3) is 0.789. The molecular weight excluding hydrogens is 244 g/mol. The SMILES string of the molecule is CC=C[C@H]1CC[C@H]([C@H]2CC[C@H](C=CCOC)CC2)CC1. The molecule has 2 aliphatic carbocycles. The lowest BCUT2D eigenvalue weighted by molar-refractivity contribution is 0.166. The molecule has 0 spiro atoms. The first-order valence-electron chi connectivity index (χ1n) is 8.62. The quantitative estimate of drug-likeness (QED) is 0.613. The van der Waals surface area contributed by atoms with E-state index >= 15 is 0 Å². The van der Waals surface area contributed by atoms with E-state index in [1.165, 1.54) is 51.4 Å². The maximum Gasteiger partial charge on any atom is 0.0643 e. The smallest absolute Gasteiger partial charge is 0.0643 e. The summed E-state index contributed by atoms with van der Waals surface area (Å²) in [6.45, 7) is 2.93. The van der Waals surface area contributed by atoms with Crippen molar-refractivity contribution in [3.8, 4) is 0 Å². The summed E-state index contributed by atoms with van der Waals surface area (Å²) in [5.74, 6) is 3.75. The third kappa shape index (κ3) is 4.77. The standard InChI is InChI=1S/C19H32O/c1-3-5-16-7-11-18(12-8-16)19-13-9-17(10-14-19)6-4-15-20-2/h3-6,16-19H,7-15H2,1-2H3/t16-,17-,18-,19-. The van der Waals surface area contributed by atoms with Crippen molar-refractivity contribution < 1.29 is 4.74 Å². The second-order valence-corrected chi connectivity index (χ2v) is 6.76. The van der Waals surface area contributed by atoms with Gasteiger partial charge in [0.1, 0.15) is 0 Å². The first kappa shape index (κ1) is 15.8. The van der Waals surface area contributed by atoms with Gasteiger partial charge in [-0.15, -0.1) is 0 Å². The minimum absolute atomic E-state index is 0.773. The van der Waals surface area contributed by atoms with Gasteiger partial charge >= 0.3 is 0 Å². The molecule has 2 fully saturated rings. The number of rotatable bonds is 5. The van der Waals surface area contributed by atoms with E-state index in [9.17, 15) is 0 Å². The van der Waals surface area contributed by atoms with Crippen LogP contribution in [0.15, 0.2) is 24.3 Å². The van der Waals surface area contributed by atoms with Gasteiger partial charge in [0.15, 0.2) is 0 Å². The van der Waals surface area contributed by atoms with E-state index in [1.807, 2.05) is 0 Å². The summed E-state index contributed by atoms with van der Waals surface area (Å²) in [4.78, 5) is 0. The first-order chi connectivity index (χ1) is 9.83. The molecule has 0 N–H and O–H groups in total. The molecular formula is C19H32O. The molecule has 0 aromatic rings. The number of methoxy groups -OCH3 is 1. The largest absolute Gasteiger partial charge is 0.381 e. The van der Waals surface area contributed by atoms with Crippen LogP contribution in [0.3, 0.4) is 0 Å². The van der Waals surface area contributed by atoms with E-state index in [1.54, 1.807) is 7.11 Å². The zero-order valence-corrected chi connectivity index (χ0v) is 13.4. The van der Waals surface area contributed by atoms with Gasteiger partial charge in [0.05, 0.1) is 6.61 Å². The van der Waals surface area contributed by atoms with E-state index in [0.29, 0.717) is 0 Å². The number of allylic oxidation sites excluding steroid dienone is 3. The molecule has 0 atom stereocenters. The Labute approximate surface area is 125 Å². The van der Waals surface area contributed by atoms with Crippen molar-refractivity contribution in [3.63, 3.8) is 0 Å². The fourth-order valence-corrected chi connectivity index (χ4v) is 4.23. The summed E-state index contributed by atoms with van der Waals surface area (Å²) in [6.07, 6.45) is 20.8. The molecule has 1 heteroatoms. The lowest BCUT2D eigenvalue weighted by Gasteiger charge is -2.36. The normalized spacial score (nSPS) is 35.9. The molecule has 0 amide bonds. The maximum atomic E-state index is 5.09. The highest BCUT2D eigenvalue weighted by Crippen LogP contribution is 2.41. The van der Waals surface area contributed by atoms with Crippen LogP contribution in [0, 0.1) is 23.7 Å². The lowest BCUT2D eigenvalue weighted by atomic mass is 9.69. The van der Waals surface area contributed by atoms with Crippen molar-refractivity contribution in [2.45, 2.75) is 58.3 Å². The van der Waals surface area contributed by atoms with Crippen LogP contribution >= 0.6 is 0 Å². The molecule has 0 radical (unpaired) electrons. The van der Waals surface area contributed by atoms with Crippen LogP contribution in [0.25, 0.3) is 0 Å². The topological polar surface area (TPSA) is 9.23 Å². The third-order valence-electron chi connectivity index (χ3n) is 5.44. The average Bonchev–Trinajstić information content (AvgIpc) is 2.49. The van der Waals surface area contributed by atoms with Crippen molar-refractivity contribution >= 4 is 0 Å². The Hall–Kier alpha value is -0.560. The Kier molecular flexibility index (Phi) is 6.86. The fourth-order valence-electron chi connectivity index (χ4n) is 4.23. The summed E-state index contributed by atoms with van der Waals surface area (Å²) in [5, 5.41) is 0. The highest BCUT2D eigenvalue weighted by Gasteiger charge is 2.29. The second-order valence-electron chi connectivity index (χ2n) is 6.76. The van der Waals surface area contributed by atoms with E-state index < -0.39 is 0 Å². The predicted octanol–water partition coefficient (Wildman–Crippen LogP) is 5.38. The molecule has 0 aromatic heterocycles. The Morgan fingerprint density at radius 3 is 1.75 bits per heavy atom. The van der Waals surface area contributed by atoms with Gasteiger partial charge in [-0.05, 0) is 82.0 Å². The first-order valence-corrected chi connectivity index (χ1v) is 8.62. The molecule has 2 rings (SSSR count). The Morgan fingerprint density at radius 2 is 1.30 bits per heavy atom. The van der Waals surface area contributed by atoms with E-state index in [-0.39, 0.29) is 0 Å². The van der Waals surface area contributed by atoms with Crippen LogP contribution in [0.1, 0.15) is 58.3 Å². The molecule has 0 bridgehead atoms. The molecule has 0 aromatic carbocycles. The number of hydrogen-bond donors (Lipinski definition) is 0. The summed E-state index contributed by atoms with van der Waals surface area (Å²) in [7, 11) is 1.77. The highest BCUT2D eigenvalue weighted by atomic mass is 16.5. The zero-order chi connectivity index (χ0) is 14.2. The Bertz CT molecular complexity index is 302. The molecule has 0 aliphatic heterocycles. The summed E-state index contributed by atoms with van der Waals surface area (Å²) in [6, 6.07) is 0. The monoisotopic (exact) mass is 276 g/mol. The predicted molar refractivity (Wildman–Crippen MR) is 86.7 cm³/mol. The van der Waals surface area contributed by atoms with Gasteiger partial charge in [-0.25, -0.2) is 0 Å². The second kappa shape index (κ2) is 8.67. The molecule has 2 saturated carbocycles. The molecule has 0 heterocycles. The lowest BCUT2D eigenvalue weighted by Crippen LogP contribution is -2.25. The maximum absolute atomic E-state index is 5.09. The molecule has 0 unspecified atom stereocenters. The van der Waals surface area contributed by atoms with Crippen LogP contribution in [-0.2, 0) is 4.74 Å². The van der Waals surface area contributed by atoms with Crippen LogP contribution < -0.4 is 0 Å². The molecule has 0 saturated heterocycles. The van der Waals surface area contributed by atoms with Crippen molar-refractivity contribution in [1.82, 2.24) is 0 Å². The van der Waals surface area contributed by atoms with Crippen molar-refractivity contribution in [2.24, 2.45) is 23.7 Å². The highest BCUT2D eigenvalue weighted by molar-refractivity contribution is 4.94. The van der Waals surface area contributed by atoms with Gasteiger partial charge in [-0.2, -0.15) is 0 Å². The van der Waals surface area contributed by atoms with Gasteiger partial charge in [-0.3, -0.25) is 0 Å². The van der Waals surface area contributed by atoms with Crippen molar-refractivity contribution in [1.29, 1.82) is 0 Å². The summed E-state index contributed by atoms with van der Waals surface area (Å²) < 4.78 is 5.09. The molecule has 1 nitrogen and oxygen atoms in total. The number of hydrogen-bond acceptors (Lipinski definition) is 1. The van der Waals surface area contributed by atoms with Crippen LogP contribution in [0.2, 0.25) is 0 Å². The molecule has 2 aliphatic rings. The van der Waals surface area contributed by atoms with Crippen molar-refractivity contribution in [2.75, 3.05) is 13.7 Å². The van der Waals surface area contributed by atoms with E-state index in [2.05, 4.69) is 31.2 Å². The molecule has 20 heavy (non-hydrogen) atoms. The minimum Gasteiger partial charge on any atom is -0.381 e. The Morgan fingerprint density at radius 1 is 0.800 bits per heavy atom. The zero-order valence-electron chi connectivity index (χ0n) is 13.4. The average molecular weight is 276 g/mol. The van der Waals surface area contributed by atoms with Crippen molar-refractivity contribution in [3.05, 3.63) is 24.3 Å². The van der Waals surface area contributed by atoms with E-state index in [4.69, 9.17) is 4.74 Å². The third-order valence-corrected chi connectivity index (χ3v) is 5.44. The summed E-state index contributed by atoms with van der Waals surface area (Å²) in [5.41, 5.74) is 0. The van der Waals surface area contributed by atoms with Gasteiger partial charge < -0.3 is 4.74 Å². The van der Waals surface area contributed by atoms with Crippen LogP contribution in [0.5, 0.6) is 0 Å². The van der Waals surface area contributed by atoms with Gasteiger partial charge in [0.25, 0.3) is 0 Å². The van der Waals surface area contributed by atoms with Gasteiger partial charge in [0.2, 0.25) is 0 Å². The molecule has 114 valence electrons. The van der Waals surface area contributed by atoms with Crippen LogP contribution in [-0.4, -0.2) is 13.7 Å². The Balaban J connectivity index is 1.69. The van der Waals surface area contributed by atoms with Gasteiger partial charge in [-0.1, -0.05) is 24.3 Å². The summed E-state index contributed by atoms with van der Waals surface area (Å²) >= 11 is 0. The van der Waals surface area contributed by atoms with E-state index in [0.717, 1.165) is 30.3 Å².